The molecular weight excluding hydrogens is 372 g/mol. The summed E-state index contributed by atoms with van der Waals surface area (Å²) in [7, 11) is 2.14. The largest absolute Gasteiger partial charge is 0.374 e. The topological polar surface area (TPSA) is 61.0 Å². The predicted molar refractivity (Wildman–Crippen MR) is 124 cm³/mol. The molecule has 154 valence electrons. The van der Waals surface area contributed by atoms with Gasteiger partial charge in [-0.05, 0) is 67.3 Å². The van der Waals surface area contributed by atoms with Crippen LogP contribution in [0.5, 0.6) is 0 Å². The number of aryl methyl sites for hydroxylation is 1. The van der Waals surface area contributed by atoms with Gasteiger partial charge in [0.2, 0.25) is 0 Å². The average Bonchev–Trinajstić information content (AvgIpc) is 3.33. The molecule has 0 bridgehead atoms. The molecule has 1 aliphatic rings. The van der Waals surface area contributed by atoms with Gasteiger partial charge in [-0.1, -0.05) is 19.1 Å². The molecule has 2 N–H and O–H groups in total. The Hall–Kier alpha value is -3.34. The number of rotatable bonds is 6. The molecule has 30 heavy (non-hydrogen) atoms. The molecule has 0 saturated heterocycles. The van der Waals surface area contributed by atoms with Gasteiger partial charge < -0.3 is 15.2 Å². The average molecular weight is 401 g/mol. The Bertz CT molecular complexity index is 1100. The zero-order valence-electron chi connectivity index (χ0n) is 17.8. The zero-order chi connectivity index (χ0) is 21.1. The fourth-order valence-electron chi connectivity index (χ4n) is 3.86. The number of H-pyrrole nitrogens is 1. The smallest absolute Gasteiger partial charge is 0.253 e. The number of nitrogens with one attached hydrogen (secondary N) is 2. The number of nitrogens with zero attached hydrogens (tertiary/aromatic N) is 2. The van der Waals surface area contributed by atoms with Crippen LogP contribution < -0.4 is 10.2 Å². The van der Waals surface area contributed by atoms with E-state index in [4.69, 9.17) is 0 Å². The molecule has 0 fully saturated rings. The maximum absolute atomic E-state index is 12.3. The summed E-state index contributed by atoms with van der Waals surface area (Å²) in [4.78, 5) is 22.4. The molecule has 0 spiro atoms. The number of aromatic amines is 1. The van der Waals surface area contributed by atoms with Gasteiger partial charge in [0.05, 0.1) is 11.3 Å². The van der Waals surface area contributed by atoms with Crippen molar-refractivity contribution in [2.24, 2.45) is 0 Å². The molecule has 0 radical (unpaired) electrons. The first kappa shape index (κ1) is 20.0. The summed E-state index contributed by atoms with van der Waals surface area (Å²) in [6.45, 7) is 5.74. The van der Waals surface area contributed by atoms with Crippen molar-refractivity contribution in [2.45, 2.75) is 26.7 Å². The lowest BCUT2D eigenvalue weighted by Crippen LogP contribution is -2.24. The number of carbonyl (C=O) groups excluding carboxylic acids is 1. The van der Waals surface area contributed by atoms with Crippen molar-refractivity contribution in [3.63, 3.8) is 0 Å². The fourth-order valence-corrected chi connectivity index (χ4v) is 3.86. The monoisotopic (exact) mass is 400 g/mol. The third-order valence-corrected chi connectivity index (χ3v) is 5.57. The summed E-state index contributed by atoms with van der Waals surface area (Å²) in [5.74, 6) is -0.0340. The number of anilines is 1. The first-order valence-electron chi connectivity index (χ1n) is 10.5. The Kier molecular flexibility index (Phi) is 5.70. The third kappa shape index (κ3) is 4.15. The lowest BCUT2D eigenvalue weighted by atomic mass is 10.1. The van der Waals surface area contributed by atoms with E-state index >= 15 is 0 Å². The lowest BCUT2D eigenvalue weighted by molar-refractivity contribution is 0.0953. The summed E-state index contributed by atoms with van der Waals surface area (Å²) in [6.07, 6.45) is 7.97. The van der Waals surface area contributed by atoms with Gasteiger partial charge in [0.1, 0.15) is 0 Å². The molecular formula is C25H28N4O. The second kappa shape index (κ2) is 8.57. The number of fused-ring (bicyclic) bond motifs is 1. The lowest BCUT2D eigenvalue weighted by Gasteiger charge is -2.11. The van der Waals surface area contributed by atoms with Crippen molar-refractivity contribution < 1.29 is 4.79 Å². The van der Waals surface area contributed by atoms with Crippen LogP contribution in [-0.2, 0) is 6.42 Å². The highest BCUT2D eigenvalue weighted by Gasteiger charge is 2.15. The van der Waals surface area contributed by atoms with Crippen molar-refractivity contribution in [3.05, 3.63) is 70.7 Å². The van der Waals surface area contributed by atoms with Crippen molar-refractivity contribution in [2.75, 3.05) is 25.0 Å². The Morgan fingerprint density at radius 3 is 2.93 bits per heavy atom. The van der Waals surface area contributed by atoms with E-state index in [0.717, 1.165) is 42.0 Å². The molecule has 1 aromatic carbocycles. The van der Waals surface area contributed by atoms with Crippen LogP contribution in [0.2, 0.25) is 0 Å². The molecule has 5 heteroatoms. The van der Waals surface area contributed by atoms with E-state index in [-0.39, 0.29) is 5.91 Å². The third-order valence-electron chi connectivity index (χ3n) is 5.57. The second-order valence-electron chi connectivity index (χ2n) is 7.84. The van der Waals surface area contributed by atoms with E-state index in [1.54, 1.807) is 6.20 Å². The summed E-state index contributed by atoms with van der Waals surface area (Å²) in [6, 6.07) is 12.5. The number of benzene rings is 1. The van der Waals surface area contributed by atoms with Crippen LogP contribution >= 0.6 is 0 Å². The van der Waals surface area contributed by atoms with E-state index in [0.29, 0.717) is 12.1 Å². The molecule has 3 heterocycles. The van der Waals surface area contributed by atoms with Gasteiger partial charge in [0.15, 0.2) is 0 Å². The maximum atomic E-state index is 12.3. The van der Waals surface area contributed by atoms with Crippen molar-refractivity contribution in [1.29, 1.82) is 0 Å². The van der Waals surface area contributed by atoms with Crippen molar-refractivity contribution in [1.82, 2.24) is 15.3 Å². The first-order valence-corrected chi connectivity index (χ1v) is 10.5. The molecule has 0 unspecified atom stereocenters. The summed E-state index contributed by atoms with van der Waals surface area (Å²) >= 11 is 0. The van der Waals surface area contributed by atoms with Crippen LogP contribution in [0.3, 0.4) is 0 Å². The number of likely N-dealkylation sites (N-methyl/N-ethyl adjacent to an activating group) is 1. The molecule has 3 aromatic rings. The highest BCUT2D eigenvalue weighted by Crippen LogP contribution is 2.28. The summed E-state index contributed by atoms with van der Waals surface area (Å²) < 4.78 is 0. The molecule has 1 amide bonds. The fraction of sp³-hybridized carbons (Fsp3) is 0.280. The Morgan fingerprint density at radius 2 is 2.10 bits per heavy atom. The van der Waals surface area contributed by atoms with Crippen LogP contribution in [-0.4, -0.2) is 36.0 Å². The highest BCUT2D eigenvalue weighted by molar-refractivity contribution is 5.96. The normalized spacial score (nSPS) is 13.1. The SMILES string of the molecule is CCCNC(=O)c1cc(-c2ccnc(/C=C/c3ccc4c(c3)CCN4C)c2)[nH]c1C. The minimum absolute atomic E-state index is 0.0340. The van der Waals surface area contributed by atoms with Crippen LogP contribution in [0.25, 0.3) is 23.4 Å². The number of carbonyl (C=O) groups is 1. The van der Waals surface area contributed by atoms with E-state index in [1.165, 1.54) is 16.8 Å². The second-order valence-corrected chi connectivity index (χ2v) is 7.84. The molecule has 4 rings (SSSR count). The quantitative estimate of drug-likeness (QED) is 0.631. The molecule has 2 aromatic heterocycles. The summed E-state index contributed by atoms with van der Waals surface area (Å²) in [5.41, 5.74) is 8.29. The number of amides is 1. The van der Waals surface area contributed by atoms with Gasteiger partial charge >= 0.3 is 0 Å². The first-order chi connectivity index (χ1) is 14.5. The zero-order valence-corrected chi connectivity index (χ0v) is 17.8. The van der Waals surface area contributed by atoms with Gasteiger partial charge in [-0.2, -0.15) is 0 Å². The molecule has 0 aliphatic carbocycles. The number of hydrogen-bond acceptors (Lipinski definition) is 3. The van der Waals surface area contributed by atoms with E-state index < -0.39 is 0 Å². The molecule has 0 saturated carbocycles. The molecule has 5 nitrogen and oxygen atoms in total. The maximum Gasteiger partial charge on any atom is 0.253 e. The van der Waals surface area contributed by atoms with Crippen LogP contribution in [0.15, 0.2) is 42.6 Å². The van der Waals surface area contributed by atoms with E-state index in [9.17, 15) is 4.79 Å². The van der Waals surface area contributed by atoms with E-state index in [1.807, 2.05) is 38.1 Å². The van der Waals surface area contributed by atoms with Crippen molar-refractivity contribution >= 4 is 23.7 Å². The van der Waals surface area contributed by atoms with Crippen LogP contribution in [0, 0.1) is 6.92 Å². The summed E-state index contributed by atoms with van der Waals surface area (Å²) in [5, 5.41) is 2.94. The van der Waals surface area contributed by atoms with Crippen LogP contribution in [0.1, 0.15) is 46.2 Å². The van der Waals surface area contributed by atoms with Gasteiger partial charge in [0, 0.05) is 49.0 Å². The number of aromatic nitrogens is 2. The van der Waals surface area contributed by atoms with Crippen LogP contribution in [0.4, 0.5) is 5.69 Å². The van der Waals surface area contributed by atoms with Gasteiger partial charge in [0.25, 0.3) is 5.91 Å². The highest BCUT2D eigenvalue weighted by atomic mass is 16.1. The number of hydrogen-bond donors (Lipinski definition) is 2. The predicted octanol–water partition coefficient (Wildman–Crippen LogP) is 4.69. The number of pyridine rings is 1. The van der Waals surface area contributed by atoms with Gasteiger partial charge in [-0.15, -0.1) is 0 Å². The Balaban J connectivity index is 1.53. The molecule has 0 atom stereocenters. The minimum Gasteiger partial charge on any atom is -0.374 e. The van der Waals surface area contributed by atoms with Crippen molar-refractivity contribution in [3.8, 4) is 11.3 Å². The minimum atomic E-state index is -0.0340. The Morgan fingerprint density at radius 1 is 1.23 bits per heavy atom. The standard InChI is InChI=1S/C25H28N4O/c1-4-11-27-25(30)22-16-23(28-17(22)2)19-9-12-26-21(15-19)7-5-18-6-8-24-20(14-18)10-13-29(24)3/h5-9,12,14-16,28H,4,10-11,13H2,1-3H3,(H,27,30)/b7-5+. The van der Waals surface area contributed by atoms with Gasteiger partial charge in [-0.3, -0.25) is 9.78 Å². The Labute approximate surface area is 177 Å². The van der Waals surface area contributed by atoms with E-state index in [2.05, 4.69) is 51.5 Å². The van der Waals surface area contributed by atoms with Gasteiger partial charge in [-0.25, -0.2) is 0 Å². The molecule has 1 aliphatic heterocycles.